The van der Waals surface area contributed by atoms with Gasteiger partial charge in [0.05, 0.1) is 0 Å². The Bertz CT molecular complexity index is 325. The van der Waals surface area contributed by atoms with Crippen LogP contribution in [0.1, 0.15) is 12.8 Å². The molecule has 14 heavy (non-hydrogen) atoms. The maximum Gasteiger partial charge on any atom is 0.137 e. The fourth-order valence-electron chi connectivity index (χ4n) is 2.85. The second-order valence-electron chi connectivity index (χ2n) is 4.38. The quantitative estimate of drug-likeness (QED) is 0.602. The molecule has 1 spiro atoms. The van der Waals surface area contributed by atoms with E-state index in [1.165, 1.54) is 25.9 Å². The molecule has 1 atom stereocenters. The van der Waals surface area contributed by atoms with Gasteiger partial charge < -0.3 is 0 Å². The van der Waals surface area contributed by atoms with Gasteiger partial charge in [-0.2, -0.15) is 5.26 Å². The van der Waals surface area contributed by atoms with Crippen LogP contribution in [0.15, 0.2) is 11.8 Å². The fourth-order valence-corrected chi connectivity index (χ4v) is 2.85. The SMILES string of the molecule is N#CC1=CC2(CN3CCC2CC3)ON1. The van der Waals surface area contributed by atoms with E-state index in [0.717, 1.165) is 6.54 Å². The maximum absolute atomic E-state index is 8.78. The molecule has 74 valence electrons. The van der Waals surface area contributed by atoms with Crippen LogP contribution in [0.2, 0.25) is 0 Å². The van der Waals surface area contributed by atoms with Crippen molar-refractivity contribution < 1.29 is 4.84 Å². The van der Waals surface area contributed by atoms with E-state index in [4.69, 9.17) is 10.1 Å². The Morgan fingerprint density at radius 3 is 2.86 bits per heavy atom. The van der Waals surface area contributed by atoms with Crippen molar-refractivity contribution in [3.8, 4) is 6.07 Å². The summed E-state index contributed by atoms with van der Waals surface area (Å²) < 4.78 is 0. The molecule has 4 aliphatic heterocycles. The highest BCUT2D eigenvalue weighted by Gasteiger charge is 2.49. The molecular weight excluding hydrogens is 178 g/mol. The Labute approximate surface area is 83.1 Å². The maximum atomic E-state index is 8.78. The van der Waals surface area contributed by atoms with Gasteiger partial charge >= 0.3 is 0 Å². The number of nitrogens with zero attached hydrogens (tertiary/aromatic N) is 2. The first-order valence-electron chi connectivity index (χ1n) is 5.12. The third-order valence-corrected chi connectivity index (χ3v) is 3.61. The zero-order chi connectivity index (χ0) is 9.60. The minimum atomic E-state index is -0.207. The molecule has 0 amide bonds. The number of hydrogen-bond donors (Lipinski definition) is 1. The van der Waals surface area contributed by atoms with Gasteiger partial charge in [-0.05, 0) is 37.9 Å². The predicted molar refractivity (Wildman–Crippen MR) is 49.8 cm³/mol. The van der Waals surface area contributed by atoms with Gasteiger partial charge in [0.25, 0.3) is 0 Å². The first-order valence-corrected chi connectivity index (χ1v) is 5.12. The van der Waals surface area contributed by atoms with Gasteiger partial charge in [-0.1, -0.05) is 0 Å². The molecule has 2 bridgehead atoms. The molecule has 0 radical (unpaired) electrons. The standard InChI is InChI=1S/C10H13N3O/c11-6-9-5-10(14-12-9)7-13-3-1-8(10)2-4-13/h5,8,12H,1-4,7H2. The molecule has 4 nitrogen and oxygen atoms in total. The van der Waals surface area contributed by atoms with Crippen LogP contribution in [-0.2, 0) is 4.84 Å². The van der Waals surface area contributed by atoms with Gasteiger partial charge in [0.1, 0.15) is 17.4 Å². The minimum absolute atomic E-state index is 0.207. The number of rotatable bonds is 0. The van der Waals surface area contributed by atoms with Gasteiger partial charge in [0.2, 0.25) is 0 Å². The van der Waals surface area contributed by atoms with Gasteiger partial charge in [-0.25, -0.2) is 0 Å². The molecule has 4 rings (SSSR count). The number of hydroxylamine groups is 1. The largest absolute Gasteiger partial charge is 0.300 e. The Hall–Kier alpha value is -1.05. The molecule has 1 N–H and O–H groups in total. The lowest BCUT2D eigenvalue weighted by molar-refractivity contribution is -0.137. The topological polar surface area (TPSA) is 48.3 Å². The monoisotopic (exact) mass is 191 g/mol. The molecule has 0 aromatic carbocycles. The summed E-state index contributed by atoms with van der Waals surface area (Å²) in [5, 5.41) is 8.78. The summed E-state index contributed by atoms with van der Waals surface area (Å²) in [6.45, 7) is 3.31. The molecule has 3 fully saturated rings. The summed E-state index contributed by atoms with van der Waals surface area (Å²) in [6, 6.07) is 2.10. The van der Waals surface area contributed by atoms with Crippen molar-refractivity contribution >= 4 is 0 Å². The van der Waals surface area contributed by atoms with Gasteiger partial charge in [-0.15, -0.1) is 0 Å². The molecule has 4 heteroatoms. The van der Waals surface area contributed by atoms with Crippen molar-refractivity contribution in [2.24, 2.45) is 5.92 Å². The number of allylic oxidation sites excluding steroid dienone is 1. The summed E-state index contributed by atoms with van der Waals surface area (Å²) in [5.41, 5.74) is 3.09. The second kappa shape index (κ2) is 2.72. The second-order valence-corrected chi connectivity index (χ2v) is 4.38. The van der Waals surface area contributed by atoms with E-state index >= 15 is 0 Å². The highest BCUT2D eigenvalue weighted by molar-refractivity contribution is 5.28. The first-order chi connectivity index (χ1) is 6.82. The zero-order valence-corrected chi connectivity index (χ0v) is 7.99. The van der Waals surface area contributed by atoms with Gasteiger partial charge in [0, 0.05) is 6.54 Å². The van der Waals surface area contributed by atoms with Crippen LogP contribution >= 0.6 is 0 Å². The molecule has 0 aromatic rings. The van der Waals surface area contributed by atoms with Crippen LogP contribution < -0.4 is 5.48 Å². The van der Waals surface area contributed by atoms with Crippen LogP contribution in [0.3, 0.4) is 0 Å². The lowest BCUT2D eigenvalue weighted by Gasteiger charge is -2.49. The van der Waals surface area contributed by atoms with Gasteiger partial charge in [0.15, 0.2) is 0 Å². The number of hydrogen-bond acceptors (Lipinski definition) is 4. The smallest absolute Gasteiger partial charge is 0.137 e. The Morgan fingerprint density at radius 2 is 2.36 bits per heavy atom. The molecule has 0 aromatic heterocycles. The van der Waals surface area contributed by atoms with E-state index in [1.54, 1.807) is 0 Å². The molecule has 0 aliphatic carbocycles. The number of piperidine rings is 3. The van der Waals surface area contributed by atoms with E-state index in [2.05, 4.69) is 16.4 Å². The summed E-state index contributed by atoms with van der Waals surface area (Å²) in [5.74, 6) is 0.589. The van der Waals surface area contributed by atoms with Crippen molar-refractivity contribution in [3.05, 3.63) is 11.8 Å². The van der Waals surface area contributed by atoms with Crippen molar-refractivity contribution in [3.63, 3.8) is 0 Å². The van der Waals surface area contributed by atoms with E-state index in [9.17, 15) is 0 Å². The zero-order valence-electron chi connectivity index (χ0n) is 7.99. The minimum Gasteiger partial charge on any atom is -0.300 e. The summed E-state index contributed by atoms with van der Waals surface area (Å²) in [7, 11) is 0. The average Bonchev–Trinajstić information content (AvgIpc) is 2.63. The molecule has 4 aliphatic rings. The predicted octanol–water partition coefficient (Wildman–Crippen LogP) is 0.393. The molecule has 1 unspecified atom stereocenters. The lowest BCUT2D eigenvalue weighted by atomic mass is 9.75. The number of nitrogens with one attached hydrogen (secondary N) is 1. The third-order valence-electron chi connectivity index (χ3n) is 3.61. The lowest BCUT2D eigenvalue weighted by Crippen LogP contribution is -2.58. The summed E-state index contributed by atoms with van der Waals surface area (Å²) in [6.07, 6.45) is 4.36. The highest BCUT2D eigenvalue weighted by Crippen LogP contribution is 2.41. The van der Waals surface area contributed by atoms with E-state index in [1.807, 2.05) is 6.08 Å². The highest BCUT2D eigenvalue weighted by atomic mass is 16.7. The van der Waals surface area contributed by atoms with E-state index < -0.39 is 0 Å². The number of nitriles is 1. The molecule has 4 heterocycles. The Morgan fingerprint density at radius 1 is 1.57 bits per heavy atom. The van der Waals surface area contributed by atoms with Crippen molar-refractivity contribution in [1.82, 2.24) is 10.4 Å². The molecular formula is C10H13N3O. The Kier molecular flexibility index (Phi) is 1.61. The summed E-state index contributed by atoms with van der Waals surface area (Å²) in [4.78, 5) is 8.03. The van der Waals surface area contributed by atoms with Crippen molar-refractivity contribution in [1.29, 1.82) is 5.26 Å². The molecule has 3 saturated heterocycles. The number of fused-ring (bicyclic) bond motifs is 2. The van der Waals surface area contributed by atoms with Crippen LogP contribution in [0.25, 0.3) is 0 Å². The third kappa shape index (κ3) is 0.999. The first kappa shape index (κ1) is 8.27. The Balaban J connectivity index is 1.92. The fraction of sp³-hybridized carbons (Fsp3) is 0.700. The van der Waals surface area contributed by atoms with Crippen LogP contribution in [0, 0.1) is 17.2 Å². The van der Waals surface area contributed by atoms with E-state index in [0.29, 0.717) is 11.6 Å². The van der Waals surface area contributed by atoms with Crippen molar-refractivity contribution in [2.45, 2.75) is 18.4 Å². The van der Waals surface area contributed by atoms with E-state index in [-0.39, 0.29) is 5.60 Å². The average molecular weight is 191 g/mol. The van der Waals surface area contributed by atoms with Crippen LogP contribution in [-0.4, -0.2) is 30.1 Å². The van der Waals surface area contributed by atoms with Crippen molar-refractivity contribution in [2.75, 3.05) is 19.6 Å². The summed E-state index contributed by atoms with van der Waals surface area (Å²) >= 11 is 0. The van der Waals surface area contributed by atoms with Crippen LogP contribution in [0.5, 0.6) is 0 Å². The van der Waals surface area contributed by atoms with Crippen LogP contribution in [0.4, 0.5) is 0 Å². The molecule has 0 saturated carbocycles. The normalized spacial score (nSPS) is 44.6. The van der Waals surface area contributed by atoms with Gasteiger partial charge in [-0.3, -0.25) is 15.2 Å².